The summed E-state index contributed by atoms with van der Waals surface area (Å²) in [6, 6.07) is 9.82. The Morgan fingerprint density at radius 1 is 1.43 bits per heavy atom. The van der Waals surface area contributed by atoms with Crippen LogP contribution in [0.15, 0.2) is 43.0 Å². The molecule has 0 saturated carbocycles. The molecule has 0 unspecified atom stereocenters. The van der Waals surface area contributed by atoms with Gasteiger partial charge in [-0.2, -0.15) is 0 Å². The van der Waals surface area contributed by atoms with Crippen molar-refractivity contribution < 1.29 is 4.79 Å². The van der Waals surface area contributed by atoms with Crippen LogP contribution in [0.5, 0.6) is 0 Å². The van der Waals surface area contributed by atoms with E-state index in [9.17, 15) is 4.79 Å². The van der Waals surface area contributed by atoms with Gasteiger partial charge in [0.15, 0.2) is 0 Å². The summed E-state index contributed by atoms with van der Waals surface area (Å²) in [7, 11) is 0. The van der Waals surface area contributed by atoms with Gasteiger partial charge in [-0.3, -0.25) is 4.79 Å². The van der Waals surface area contributed by atoms with Gasteiger partial charge in [-0.15, -0.1) is 0 Å². The average molecular weight is 188 g/mol. The molecule has 2 nitrogen and oxygen atoms in total. The minimum absolute atomic E-state index is 0.108. The third-order valence-electron chi connectivity index (χ3n) is 1.86. The van der Waals surface area contributed by atoms with Crippen molar-refractivity contribution in [3.63, 3.8) is 0 Å². The van der Waals surface area contributed by atoms with Gasteiger partial charge in [-0.05, 0) is 25.0 Å². The van der Waals surface area contributed by atoms with Crippen molar-refractivity contribution in [2.75, 3.05) is 0 Å². The monoisotopic (exact) mass is 188 g/mol. The number of nitrogens with one attached hydrogen (secondary N) is 1. The minimum atomic E-state index is -0.180. The van der Waals surface area contributed by atoms with Gasteiger partial charge in [0.1, 0.15) is 0 Å². The Bertz CT molecular complexity index is 305. The zero-order valence-electron chi connectivity index (χ0n) is 8.07. The van der Waals surface area contributed by atoms with Gasteiger partial charge in [-0.1, -0.05) is 36.9 Å². The molecule has 73 valence electrons. The Morgan fingerprint density at radius 3 is 2.64 bits per heavy atom. The number of carbonyl (C=O) groups is 1. The lowest BCUT2D eigenvalue weighted by Crippen LogP contribution is -2.32. The number of benzene rings is 1. The van der Waals surface area contributed by atoms with Crippen LogP contribution in [0.1, 0.15) is 5.56 Å². The predicted molar refractivity (Wildman–Crippen MR) is 57.6 cm³/mol. The Hall–Kier alpha value is -1.57. The summed E-state index contributed by atoms with van der Waals surface area (Å²) in [5.41, 5.74) is 1.16. The Kier molecular flexibility index (Phi) is 3.92. The van der Waals surface area contributed by atoms with Crippen LogP contribution >= 0.6 is 0 Å². The van der Waals surface area contributed by atoms with E-state index < -0.39 is 0 Å². The summed E-state index contributed by atoms with van der Waals surface area (Å²) in [6.45, 7) is 7.22. The van der Waals surface area contributed by atoms with E-state index in [1.165, 1.54) is 6.08 Å². The first kappa shape index (κ1) is 10.5. The number of hydrogen-bond acceptors (Lipinski definition) is 1. The molecule has 1 radical (unpaired) electrons. The molecule has 1 aromatic rings. The summed E-state index contributed by atoms with van der Waals surface area (Å²) < 4.78 is 0. The molecule has 1 aromatic carbocycles. The molecule has 0 aliphatic heterocycles. The lowest BCUT2D eigenvalue weighted by molar-refractivity contribution is -0.116. The second kappa shape index (κ2) is 5.22. The topological polar surface area (TPSA) is 29.1 Å². The molecule has 0 fully saturated rings. The molecule has 0 saturated heterocycles. The number of hydrogen-bond donors (Lipinski definition) is 1. The maximum atomic E-state index is 10.9. The highest BCUT2D eigenvalue weighted by molar-refractivity contribution is 5.87. The predicted octanol–water partition coefficient (Wildman–Crippen LogP) is 1.73. The van der Waals surface area contributed by atoms with Crippen molar-refractivity contribution in [3.05, 3.63) is 55.5 Å². The van der Waals surface area contributed by atoms with E-state index in [1.54, 1.807) is 0 Å². The van der Waals surface area contributed by atoms with Crippen molar-refractivity contribution >= 4 is 5.91 Å². The molecule has 1 amide bonds. The first-order valence-corrected chi connectivity index (χ1v) is 4.52. The van der Waals surface area contributed by atoms with Crippen LogP contribution in [-0.4, -0.2) is 11.9 Å². The molecule has 0 spiro atoms. The summed E-state index contributed by atoms with van der Waals surface area (Å²) in [5, 5.41) is 2.71. The second-order valence-electron chi connectivity index (χ2n) is 3.10. The van der Waals surface area contributed by atoms with Gasteiger partial charge in [0, 0.05) is 6.04 Å². The molecule has 1 atom stereocenters. The normalized spacial score (nSPS) is 11.8. The van der Waals surface area contributed by atoms with Crippen LogP contribution in [0, 0.1) is 6.92 Å². The van der Waals surface area contributed by atoms with Gasteiger partial charge in [0.2, 0.25) is 5.91 Å². The molecule has 1 N–H and O–H groups in total. The second-order valence-corrected chi connectivity index (χ2v) is 3.10. The maximum absolute atomic E-state index is 10.9. The fraction of sp³-hybridized carbons (Fsp3) is 0.167. The van der Waals surface area contributed by atoms with Crippen molar-refractivity contribution in [2.45, 2.75) is 12.5 Å². The SMILES string of the molecule is [CH2][C@@H](Cc1ccccc1)NC(=O)C=C. The zero-order chi connectivity index (χ0) is 10.4. The molecule has 0 heterocycles. The van der Waals surface area contributed by atoms with Crippen molar-refractivity contribution in [2.24, 2.45) is 0 Å². The highest BCUT2D eigenvalue weighted by Gasteiger charge is 2.04. The fourth-order valence-electron chi connectivity index (χ4n) is 1.21. The molecular formula is C12H14NO. The van der Waals surface area contributed by atoms with E-state index >= 15 is 0 Å². The first-order chi connectivity index (χ1) is 6.72. The van der Waals surface area contributed by atoms with Crippen molar-refractivity contribution in [1.82, 2.24) is 5.32 Å². The largest absolute Gasteiger partial charge is 0.350 e. The van der Waals surface area contributed by atoms with Gasteiger partial charge in [0.05, 0.1) is 0 Å². The van der Waals surface area contributed by atoms with Crippen molar-refractivity contribution in [1.29, 1.82) is 0 Å². The van der Waals surface area contributed by atoms with E-state index in [2.05, 4.69) is 18.8 Å². The number of rotatable bonds is 4. The van der Waals surface area contributed by atoms with Gasteiger partial charge in [0.25, 0.3) is 0 Å². The Labute approximate surface area is 84.6 Å². The van der Waals surface area contributed by atoms with Crippen molar-refractivity contribution in [3.8, 4) is 0 Å². The van der Waals surface area contributed by atoms with E-state index in [-0.39, 0.29) is 11.9 Å². The lowest BCUT2D eigenvalue weighted by atomic mass is 10.1. The van der Waals surface area contributed by atoms with Crippen LogP contribution in [0.2, 0.25) is 0 Å². The van der Waals surface area contributed by atoms with E-state index in [0.717, 1.165) is 12.0 Å². The summed E-state index contributed by atoms with van der Waals surface area (Å²) in [5.74, 6) is -0.180. The van der Waals surface area contributed by atoms with Crippen LogP contribution in [0.3, 0.4) is 0 Å². The summed E-state index contributed by atoms with van der Waals surface area (Å²) >= 11 is 0. The highest BCUT2D eigenvalue weighted by Crippen LogP contribution is 2.02. The van der Waals surface area contributed by atoms with Crippen LogP contribution in [0.25, 0.3) is 0 Å². The first-order valence-electron chi connectivity index (χ1n) is 4.52. The van der Waals surface area contributed by atoms with E-state index in [0.29, 0.717) is 0 Å². The van der Waals surface area contributed by atoms with Crippen LogP contribution in [-0.2, 0) is 11.2 Å². The third kappa shape index (κ3) is 3.44. The van der Waals surface area contributed by atoms with Gasteiger partial charge >= 0.3 is 0 Å². The number of amides is 1. The Balaban J connectivity index is 2.45. The average Bonchev–Trinajstić information content (AvgIpc) is 2.19. The van der Waals surface area contributed by atoms with E-state index in [4.69, 9.17) is 0 Å². The van der Waals surface area contributed by atoms with E-state index in [1.807, 2.05) is 30.3 Å². The lowest BCUT2D eigenvalue weighted by Gasteiger charge is -2.11. The number of carbonyl (C=O) groups excluding carboxylic acids is 1. The molecule has 0 aliphatic rings. The van der Waals surface area contributed by atoms with Crippen LogP contribution < -0.4 is 5.32 Å². The molecule has 2 heteroatoms. The molecule has 1 rings (SSSR count). The standard InChI is InChI=1S/C12H14NO/c1-3-12(14)13-10(2)9-11-7-5-4-6-8-11/h3-8,10H,1-2,9H2,(H,13,14)/t10-/m0/s1. The van der Waals surface area contributed by atoms with Gasteiger partial charge in [-0.25, -0.2) is 0 Å². The maximum Gasteiger partial charge on any atom is 0.243 e. The molecule has 0 bridgehead atoms. The third-order valence-corrected chi connectivity index (χ3v) is 1.86. The Morgan fingerprint density at radius 2 is 2.07 bits per heavy atom. The molecular weight excluding hydrogens is 174 g/mol. The molecule has 0 aliphatic carbocycles. The molecule has 14 heavy (non-hydrogen) atoms. The fourth-order valence-corrected chi connectivity index (χ4v) is 1.21. The smallest absolute Gasteiger partial charge is 0.243 e. The van der Waals surface area contributed by atoms with Crippen LogP contribution in [0.4, 0.5) is 0 Å². The zero-order valence-corrected chi connectivity index (χ0v) is 8.07. The minimum Gasteiger partial charge on any atom is -0.350 e. The summed E-state index contributed by atoms with van der Waals surface area (Å²) in [4.78, 5) is 10.9. The molecule has 0 aromatic heterocycles. The highest BCUT2D eigenvalue weighted by atomic mass is 16.1. The quantitative estimate of drug-likeness (QED) is 0.716. The summed E-state index contributed by atoms with van der Waals surface area (Å²) in [6.07, 6.45) is 1.99. The van der Waals surface area contributed by atoms with Gasteiger partial charge < -0.3 is 5.32 Å².